The van der Waals surface area contributed by atoms with E-state index in [-0.39, 0.29) is 0 Å². The molecule has 1 aliphatic heterocycles. The molecule has 0 fully saturated rings. The van der Waals surface area contributed by atoms with Crippen LogP contribution in [0.15, 0.2) is 18.2 Å². The van der Waals surface area contributed by atoms with Crippen LogP contribution in [-0.4, -0.2) is 5.79 Å². The lowest BCUT2D eigenvalue weighted by molar-refractivity contribution is -0.0642. The third-order valence-corrected chi connectivity index (χ3v) is 2.46. The number of benzene rings is 1. The first-order valence-corrected chi connectivity index (χ1v) is 5.62. The van der Waals surface area contributed by atoms with Crippen LogP contribution in [0.4, 0.5) is 0 Å². The van der Waals surface area contributed by atoms with Crippen LogP contribution in [-0.2, 0) is 0 Å². The average molecular weight is 208 g/mol. The van der Waals surface area contributed by atoms with Crippen molar-refractivity contribution >= 4 is 0 Å². The zero-order valence-corrected chi connectivity index (χ0v) is 10.3. The Hall–Kier alpha value is -1.18. The maximum atomic E-state index is 5.75. The maximum absolute atomic E-state index is 5.75. The van der Waals surface area contributed by atoms with Gasteiger partial charge in [-0.2, -0.15) is 0 Å². The molecule has 0 N–H and O–H groups in total. The first-order chi connectivity index (χ1) is 7.14. The predicted octanol–water partition coefficient (Wildman–Crippen LogP) is 3.92. The van der Waals surface area contributed by atoms with Crippen LogP contribution >= 0.6 is 0 Å². The standard InChI is InChI=1S/C11H14O2.C2H6/c1-4-11(3)12-9-7-5-6-8(2)10(9)13-11;1-2/h5-7H,4H2,1-3H3;1-2H3. The van der Waals surface area contributed by atoms with Gasteiger partial charge in [0.05, 0.1) is 0 Å². The zero-order chi connectivity index (χ0) is 11.5. The summed E-state index contributed by atoms with van der Waals surface area (Å²) in [5.41, 5.74) is 1.13. The van der Waals surface area contributed by atoms with Gasteiger partial charge in [0.15, 0.2) is 11.5 Å². The van der Waals surface area contributed by atoms with Gasteiger partial charge in [-0.1, -0.05) is 32.9 Å². The van der Waals surface area contributed by atoms with Crippen molar-refractivity contribution in [3.05, 3.63) is 23.8 Å². The van der Waals surface area contributed by atoms with Gasteiger partial charge in [-0.25, -0.2) is 0 Å². The maximum Gasteiger partial charge on any atom is 0.248 e. The minimum Gasteiger partial charge on any atom is -0.449 e. The Balaban J connectivity index is 0.000000531. The Labute approximate surface area is 92.2 Å². The Morgan fingerprint density at radius 2 is 1.87 bits per heavy atom. The van der Waals surface area contributed by atoms with Crippen LogP contribution < -0.4 is 9.47 Å². The molecule has 0 aromatic heterocycles. The fourth-order valence-corrected chi connectivity index (χ4v) is 1.45. The quantitative estimate of drug-likeness (QED) is 0.696. The molecule has 0 radical (unpaired) electrons. The number of hydrogen-bond acceptors (Lipinski definition) is 2. The summed E-state index contributed by atoms with van der Waals surface area (Å²) < 4.78 is 11.5. The molecule has 0 amide bonds. The minimum atomic E-state index is -0.464. The Bertz CT molecular complexity index is 333. The summed E-state index contributed by atoms with van der Waals surface area (Å²) in [6, 6.07) is 5.96. The molecule has 2 heteroatoms. The highest BCUT2D eigenvalue weighted by molar-refractivity contribution is 5.48. The van der Waals surface area contributed by atoms with Crippen LogP contribution in [0.2, 0.25) is 0 Å². The lowest BCUT2D eigenvalue weighted by Gasteiger charge is -2.20. The number of ether oxygens (including phenoxy) is 2. The van der Waals surface area contributed by atoms with E-state index in [1.165, 1.54) is 0 Å². The molecule has 1 heterocycles. The predicted molar refractivity (Wildman–Crippen MR) is 62.5 cm³/mol. The zero-order valence-electron chi connectivity index (χ0n) is 10.3. The molecule has 1 aromatic rings. The highest BCUT2D eigenvalue weighted by atomic mass is 16.7. The van der Waals surface area contributed by atoms with Crippen LogP contribution in [0.3, 0.4) is 0 Å². The first-order valence-electron chi connectivity index (χ1n) is 5.62. The number of aryl methyl sites for hydroxylation is 1. The van der Waals surface area contributed by atoms with E-state index in [1.54, 1.807) is 0 Å². The molecular formula is C13H20O2. The van der Waals surface area contributed by atoms with Crippen molar-refractivity contribution in [3.63, 3.8) is 0 Å². The van der Waals surface area contributed by atoms with E-state index in [2.05, 4.69) is 6.92 Å². The molecule has 0 spiro atoms. The van der Waals surface area contributed by atoms with Gasteiger partial charge in [0.1, 0.15) is 0 Å². The Morgan fingerprint density at radius 3 is 2.40 bits per heavy atom. The Kier molecular flexibility index (Phi) is 3.61. The number of para-hydroxylation sites is 1. The van der Waals surface area contributed by atoms with E-state index in [0.717, 1.165) is 23.5 Å². The van der Waals surface area contributed by atoms with Gasteiger partial charge in [-0.05, 0) is 18.6 Å². The summed E-state index contributed by atoms with van der Waals surface area (Å²) in [6.07, 6.45) is 0.848. The first kappa shape index (κ1) is 11.9. The molecule has 2 nitrogen and oxygen atoms in total. The molecule has 15 heavy (non-hydrogen) atoms. The second-order valence-electron chi connectivity index (χ2n) is 3.59. The van der Waals surface area contributed by atoms with Crippen molar-refractivity contribution in [3.8, 4) is 11.5 Å². The molecule has 1 atom stereocenters. The molecule has 0 saturated heterocycles. The van der Waals surface area contributed by atoms with Gasteiger partial charge in [0.25, 0.3) is 0 Å². The van der Waals surface area contributed by atoms with Gasteiger partial charge in [0, 0.05) is 13.3 Å². The van der Waals surface area contributed by atoms with E-state index in [0.29, 0.717) is 0 Å². The van der Waals surface area contributed by atoms with Crippen molar-refractivity contribution < 1.29 is 9.47 Å². The normalized spacial score (nSPS) is 21.9. The molecule has 1 aromatic carbocycles. The summed E-state index contributed by atoms with van der Waals surface area (Å²) in [4.78, 5) is 0. The average Bonchev–Trinajstić information content (AvgIpc) is 2.61. The summed E-state index contributed by atoms with van der Waals surface area (Å²) in [6.45, 7) is 10.1. The van der Waals surface area contributed by atoms with Gasteiger partial charge < -0.3 is 9.47 Å². The number of fused-ring (bicyclic) bond motifs is 1. The van der Waals surface area contributed by atoms with Crippen molar-refractivity contribution in [2.24, 2.45) is 0 Å². The fourth-order valence-electron chi connectivity index (χ4n) is 1.45. The topological polar surface area (TPSA) is 18.5 Å². The lowest BCUT2D eigenvalue weighted by Crippen LogP contribution is -2.33. The molecule has 0 bridgehead atoms. The summed E-state index contributed by atoms with van der Waals surface area (Å²) in [5, 5.41) is 0. The third kappa shape index (κ3) is 2.25. The van der Waals surface area contributed by atoms with Crippen molar-refractivity contribution in [1.82, 2.24) is 0 Å². The van der Waals surface area contributed by atoms with Gasteiger partial charge in [-0.15, -0.1) is 0 Å². The highest BCUT2D eigenvalue weighted by Crippen LogP contribution is 2.42. The van der Waals surface area contributed by atoms with E-state index >= 15 is 0 Å². The summed E-state index contributed by atoms with van der Waals surface area (Å²) >= 11 is 0. The molecular weight excluding hydrogens is 188 g/mol. The van der Waals surface area contributed by atoms with Gasteiger partial charge >= 0.3 is 0 Å². The molecule has 84 valence electrons. The number of rotatable bonds is 1. The van der Waals surface area contributed by atoms with Crippen LogP contribution in [0.5, 0.6) is 11.5 Å². The second-order valence-corrected chi connectivity index (χ2v) is 3.59. The van der Waals surface area contributed by atoms with Gasteiger partial charge in [-0.3, -0.25) is 0 Å². The minimum absolute atomic E-state index is 0.464. The highest BCUT2D eigenvalue weighted by Gasteiger charge is 2.35. The van der Waals surface area contributed by atoms with Crippen LogP contribution in [0, 0.1) is 6.92 Å². The van der Waals surface area contributed by atoms with E-state index in [9.17, 15) is 0 Å². The SMILES string of the molecule is CC.CCC1(C)Oc2cccc(C)c2O1. The molecule has 0 saturated carbocycles. The molecule has 0 aliphatic carbocycles. The van der Waals surface area contributed by atoms with Crippen LogP contribution in [0.25, 0.3) is 0 Å². The number of hydrogen-bond donors (Lipinski definition) is 0. The second kappa shape index (κ2) is 4.56. The van der Waals surface area contributed by atoms with Gasteiger partial charge in [0.2, 0.25) is 5.79 Å². The van der Waals surface area contributed by atoms with E-state index < -0.39 is 5.79 Å². The summed E-state index contributed by atoms with van der Waals surface area (Å²) in [5.74, 6) is 1.30. The fraction of sp³-hybridized carbons (Fsp3) is 0.538. The van der Waals surface area contributed by atoms with Crippen molar-refractivity contribution in [2.45, 2.75) is 46.8 Å². The largest absolute Gasteiger partial charge is 0.449 e. The molecule has 1 unspecified atom stereocenters. The molecule has 1 aliphatic rings. The van der Waals surface area contributed by atoms with E-state index in [4.69, 9.17) is 9.47 Å². The van der Waals surface area contributed by atoms with E-state index in [1.807, 2.05) is 45.9 Å². The van der Waals surface area contributed by atoms with Crippen LogP contribution in [0.1, 0.15) is 39.7 Å². The molecule has 2 rings (SSSR count). The summed E-state index contributed by atoms with van der Waals surface area (Å²) in [7, 11) is 0. The third-order valence-electron chi connectivity index (χ3n) is 2.46. The lowest BCUT2D eigenvalue weighted by atomic mass is 10.2. The Morgan fingerprint density at radius 1 is 1.20 bits per heavy atom. The van der Waals surface area contributed by atoms with Crippen molar-refractivity contribution in [2.75, 3.05) is 0 Å². The smallest absolute Gasteiger partial charge is 0.248 e. The monoisotopic (exact) mass is 208 g/mol. The van der Waals surface area contributed by atoms with Crippen molar-refractivity contribution in [1.29, 1.82) is 0 Å².